The van der Waals surface area contributed by atoms with Crippen LogP contribution in [0.5, 0.6) is 0 Å². The van der Waals surface area contributed by atoms with Crippen molar-refractivity contribution in [3.63, 3.8) is 0 Å². The summed E-state index contributed by atoms with van der Waals surface area (Å²) >= 11 is 0. The Kier molecular flexibility index (Phi) is 6.15. The fraction of sp³-hybridized carbons (Fsp3) is 0.688. The Balaban J connectivity index is 2.04. The molecule has 7 nitrogen and oxygen atoms in total. The highest BCUT2D eigenvalue weighted by atomic mass is 16.5. The molecule has 0 saturated carbocycles. The van der Waals surface area contributed by atoms with Crippen molar-refractivity contribution in [2.24, 2.45) is 0 Å². The number of carbonyl (C=O) groups is 2. The van der Waals surface area contributed by atoms with Gasteiger partial charge in [0.2, 0.25) is 11.8 Å². The van der Waals surface area contributed by atoms with Gasteiger partial charge >= 0.3 is 0 Å². The van der Waals surface area contributed by atoms with E-state index in [9.17, 15) is 9.59 Å². The second-order valence-corrected chi connectivity index (χ2v) is 5.65. The maximum atomic E-state index is 12.5. The van der Waals surface area contributed by atoms with E-state index < -0.39 is 6.04 Å². The van der Waals surface area contributed by atoms with E-state index in [1.807, 2.05) is 31.5 Å². The van der Waals surface area contributed by atoms with Crippen molar-refractivity contribution in [2.45, 2.75) is 52.6 Å². The number of ether oxygens (including phenoxy) is 1. The number of rotatable bonds is 8. The van der Waals surface area contributed by atoms with E-state index in [4.69, 9.17) is 4.74 Å². The lowest BCUT2D eigenvalue weighted by Crippen LogP contribution is -2.52. The molecule has 0 fully saturated rings. The average Bonchev–Trinajstić information content (AvgIpc) is 2.90. The molecule has 0 spiro atoms. The van der Waals surface area contributed by atoms with Crippen LogP contribution in [0.15, 0.2) is 6.07 Å². The zero-order valence-electron chi connectivity index (χ0n) is 14.2. The van der Waals surface area contributed by atoms with Crippen LogP contribution in [0.25, 0.3) is 0 Å². The van der Waals surface area contributed by atoms with E-state index in [1.165, 1.54) is 0 Å². The van der Waals surface area contributed by atoms with Gasteiger partial charge in [-0.2, -0.15) is 5.10 Å². The summed E-state index contributed by atoms with van der Waals surface area (Å²) in [6.07, 6.45) is 1.70. The van der Waals surface area contributed by atoms with E-state index in [1.54, 1.807) is 4.90 Å². The quantitative estimate of drug-likeness (QED) is 0.731. The first kappa shape index (κ1) is 17.5. The summed E-state index contributed by atoms with van der Waals surface area (Å²) in [7, 11) is 0. The van der Waals surface area contributed by atoms with Crippen LogP contribution in [0.1, 0.15) is 38.8 Å². The normalized spacial score (nSPS) is 15.4. The summed E-state index contributed by atoms with van der Waals surface area (Å²) in [5.74, 6) is 0.577. The minimum Gasteiger partial charge on any atom is -0.382 e. The number of anilines is 1. The first-order valence-electron chi connectivity index (χ1n) is 8.30. The van der Waals surface area contributed by atoms with Gasteiger partial charge in [-0.25, -0.2) is 4.68 Å². The number of fused-ring (bicyclic) bond motifs is 1. The van der Waals surface area contributed by atoms with Crippen molar-refractivity contribution in [1.82, 2.24) is 15.1 Å². The molecule has 0 bridgehead atoms. The Hall–Kier alpha value is -1.89. The van der Waals surface area contributed by atoms with Crippen LogP contribution in [-0.2, 0) is 20.9 Å². The predicted molar refractivity (Wildman–Crippen MR) is 87.3 cm³/mol. The van der Waals surface area contributed by atoms with Crippen molar-refractivity contribution >= 4 is 17.6 Å². The van der Waals surface area contributed by atoms with Crippen LogP contribution in [0.2, 0.25) is 0 Å². The largest absolute Gasteiger partial charge is 0.382 e. The number of nitrogens with zero attached hydrogens (tertiary/aromatic N) is 3. The second-order valence-electron chi connectivity index (χ2n) is 5.65. The number of nitrogens with one attached hydrogen (secondary N) is 1. The molecule has 23 heavy (non-hydrogen) atoms. The Morgan fingerprint density at radius 2 is 2.26 bits per heavy atom. The van der Waals surface area contributed by atoms with Crippen LogP contribution in [0.3, 0.4) is 0 Å². The molecule has 2 amide bonds. The number of hydrogen-bond acceptors (Lipinski definition) is 4. The summed E-state index contributed by atoms with van der Waals surface area (Å²) in [6.45, 7) is 8.18. The van der Waals surface area contributed by atoms with Gasteiger partial charge in [0.15, 0.2) is 0 Å². The lowest BCUT2D eigenvalue weighted by molar-refractivity contribution is -0.127. The zero-order chi connectivity index (χ0) is 16.8. The minimum atomic E-state index is -0.496. The van der Waals surface area contributed by atoms with Crippen molar-refractivity contribution in [3.05, 3.63) is 11.8 Å². The number of aromatic nitrogens is 2. The highest BCUT2D eigenvalue weighted by molar-refractivity contribution is 6.00. The smallest absolute Gasteiger partial charge is 0.243 e. The molecule has 128 valence electrons. The molecule has 0 aliphatic carbocycles. The van der Waals surface area contributed by atoms with E-state index in [0.29, 0.717) is 39.1 Å². The molecule has 0 unspecified atom stereocenters. The lowest BCUT2D eigenvalue weighted by atomic mass is 10.1. The Morgan fingerprint density at radius 1 is 1.48 bits per heavy atom. The van der Waals surface area contributed by atoms with Gasteiger partial charge in [0.1, 0.15) is 11.9 Å². The molecule has 1 N–H and O–H groups in total. The molecule has 1 aromatic rings. The van der Waals surface area contributed by atoms with Crippen LogP contribution in [0.4, 0.5) is 5.82 Å². The van der Waals surface area contributed by atoms with Gasteiger partial charge < -0.3 is 10.1 Å². The van der Waals surface area contributed by atoms with Crippen LogP contribution in [-0.4, -0.2) is 47.4 Å². The number of hydrogen-bond donors (Lipinski definition) is 1. The third kappa shape index (κ3) is 4.10. The van der Waals surface area contributed by atoms with Gasteiger partial charge in [-0.1, -0.05) is 6.92 Å². The molecule has 0 radical (unpaired) electrons. The van der Waals surface area contributed by atoms with Crippen LogP contribution >= 0.6 is 0 Å². The van der Waals surface area contributed by atoms with Crippen molar-refractivity contribution < 1.29 is 14.3 Å². The molecular formula is C16H26N4O3. The monoisotopic (exact) mass is 322 g/mol. The van der Waals surface area contributed by atoms with Crippen molar-refractivity contribution in [3.8, 4) is 0 Å². The summed E-state index contributed by atoms with van der Waals surface area (Å²) in [5.41, 5.74) is 0.853. The maximum Gasteiger partial charge on any atom is 0.243 e. The number of amides is 2. The minimum absolute atomic E-state index is 0.0197. The van der Waals surface area contributed by atoms with Gasteiger partial charge in [0.05, 0.1) is 12.2 Å². The van der Waals surface area contributed by atoms with Gasteiger partial charge in [-0.15, -0.1) is 0 Å². The van der Waals surface area contributed by atoms with E-state index in [0.717, 1.165) is 17.9 Å². The second kappa shape index (κ2) is 8.10. The fourth-order valence-electron chi connectivity index (χ4n) is 2.81. The first-order chi connectivity index (χ1) is 11.1. The van der Waals surface area contributed by atoms with Crippen LogP contribution < -0.4 is 10.2 Å². The number of carbonyl (C=O) groups excluding carboxylic acids is 2. The maximum absolute atomic E-state index is 12.5. The molecule has 0 aromatic carbocycles. The summed E-state index contributed by atoms with van der Waals surface area (Å²) in [5, 5.41) is 7.29. The van der Waals surface area contributed by atoms with E-state index >= 15 is 0 Å². The highest BCUT2D eigenvalue weighted by Crippen LogP contribution is 2.25. The SMILES string of the molecule is CCOCCCNC(=O)[C@@H](CC)N1C(=O)CCn2nc(C)cc21. The van der Waals surface area contributed by atoms with Crippen molar-refractivity contribution in [1.29, 1.82) is 0 Å². The molecule has 2 heterocycles. The summed E-state index contributed by atoms with van der Waals surface area (Å²) < 4.78 is 7.06. The van der Waals surface area contributed by atoms with E-state index in [-0.39, 0.29) is 11.8 Å². The molecular weight excluding hydrogens is 296 g/mol. The predicted octanol–water partition coefficient (Wildman–Crippen LogP) is 1.25. The molecule has 1 atom stereocenters. The highest BCUT2D eigenvalue weighted by Gasteiger charge is 2.34. The lowest BCUT2D eigenvalue weighted by Gasteiger charge is -2.33. The molecule has 2 rings (SSSR count). The van der Waals surface area contributed by atoms with Gasteiger partial charge in [0, 0.05) is 32.2 Å². The van der Waals surface area contributed by atoms with Crippen molar-refractivity contribution in [2.75, 3.05) is 24.7 Å². The standard InChI is InChI=1S/C16H26N4O3/c1-4-13(16(22)17-8-6-10-23-5-2)20-14-11-12(3)18-19(14)9-7-15(20)21/h11,13H,4-10H2,1-3H3,(H,17,22)/t13-/m1/s1. The summed E-state index contributed by atoms with van der Waals surface area (Å²) in [4.78, 5) is 26.5. The molecule has 7 heteroatoms. The topological polar surface area (TPSA) is 76.5 Å². The fourth-order valence-corrected chi connectivity index (χ4v) is 2.81. The van der Waals surface area contributed by atoms with E-state index in [2.05, 4.69) is 10.4 Å². The Bertz CT molecular complexity index is 556. The average molecular weight is 322 g/mol. The zero-order valence-corrected chi connectivity index (χ0v) is 14.2. The van der Waals surface area contributed by atoms with Gasteiger partial charge in [-0.05, 0) is 26.7 Å². The van der Waals surface area contributed by atoms with Gasteiger partial charge in [0.25, 0.3) is 0 Å². The molecule has 1 aliphatic heterocycles. The molecule has 1 aromatic heterocycles. The van der Waals surface area contributed by atoms with Crippen LogP contribution in [0, 0.1) is 6.92 Å². The third-order valence-electron chi connectivity index (χ3n) is 3.90. The Morgan fingerprint density at radius 3 is 2.96 bits per heavy atom. The molecule has 0 saturated heterocycles. The third-order valence-corrected chi connectivity index (χ3v) is 3.90. The first-order valence-corrected chi connectivity index (χ1v) is 8.30. The Labute approximate surface area is 137 Å². The van der Waals surface area contributed by atoms with Gasteiger partial charge in [-0.3, -0.25) is 14.5 Å². The number of aryl methyl sites for hydroxylation is 2. The molecule has 1 aliphatic rings. The summed E-state index contributed by atoms with van der Waals surface area (Å²) in [6, 6.07) is 1.37.